The zero-order valence-corrected chi connectivity index (χ0v) is 9.85. The highest BCUT2D eigenvalue weighted by molar-refractivity contribution is 5.92. The Morgan fingerprint density at radius 1 is 1.29 bits per heavy atom. The molecular weight excluding hydrogens is 212 g/mol. The van der Waals surface area contributed by atoms with Crippen molar-refractivity contribution in [1.29, 1.82) is 0 Å². The van der Waals surface area contributed by atoms with Crippen molar-refractivity contribution in [2.75, 3.05) is 5.32 Å². The van der Waals surface area contributed by atoms with Gasteiger partial charge in [0.15, 0.2) is 0 Å². The topological polar surface area (TPSA) is 45.2 Å². The maximum absolute atomic E-state index is 9.55. The number of fused-ring (bicyclic) bond motifs is 1. The number of hydrogen-bond acceptors (Lipinski definition) is 3. The van der Waals surface area contributed by atoms with Crippen molar-refractivity contribution in [3.8, 4) is 5.75 Å². The van der Waals surface area contributed by atoms with Gasteiger partial charge >= 0.3 is 0 Å². The second-order valence-electron chi connectivity index (χ2n) is 4.98. The van der Waals surface area contributed by atoms with Crippen LogP contribution in [0, 0.1) is 5.92 Å². The largest absolute Gasteiger partial charge is 0.508 e. The van der Waals surface area contributed by atoms with E-state index in [4.69, 9.17) is 0 Å². The monoisotopic (exact) mass is 228 g/mol. The van der Waals surface area contributed by atoms with Crippen LogP contribution in [0.25, 0.3) is 10.8 Å². The maximum Gasteiger partial charge on any atom is 0.134 e. The first kappa shape index (κ1) is 10.4. The van der Waals surface area contributed by atoms with Crippen LogP contribution in [0.4, 0.5) is 5.82 Å². The molecular formula is C14H16N2O. The van der Waals surface area contributed by atoms with Crippen molar-refractivity contribution >= 4 is 16.6 Å². The van der Waals surface area contributed by atoms with Gasteiger partial charge in [0.05, 0.1) is 0 Å². The molecule has 0 atom stereocenters. The Morgan fingerprint density at radius 2 is 2.12 bits per heavy atom. The number of phenolic OH excluding ortho intramolecular Hbond substituents is 1. The fourth-order valence-electron chi connectivity index (χ4n) is 2.48. The fourth-order valence-corrected chi connectivity index (χ4v) is 2.48. The second-order valence-corrected chi connectivity index (χ2v) is 4.98. The molecule has 0 radical (unpaired) electrons. The quantitative estimate of drug-likeness (QED) is 0.830. The molecule has 2 N–H and O–H groups in total. The third-order valence-corrected chi connectivity index (χ3v) is 3.46. The second kappa shape index (κ2) is 3.91. The van der Waals surface area contributed by atoms with Gasteiger partial charge in [-0.25, -0.2) is 4.98 Å². The van der Waals surface area contributed by atoms with Crippen LogP contribution >= 0.6 is 0 Å². The molecule has 1 fully saturated rings. The summed E-state index contributed by atoms with van der Waals surface area (Å²) in [5.74, 6) is 1.99. The summed E-state index contributed by atoms with van der Waals surface area (Å²) in [5, 5.41) is 15.1. The van der Waals surface area contributed by atoms with Gasteiger partial charge in [-0.05, 0) is 42.3 Å². The minimum atomic E-state index is 0.288. The van der Waals surface area contributed by atoms with Crippen LogP contribution in [-0.2, 0) is 0 Å². The molecule has 1 saturated carbocycles. The van der Waals surface area contributed by atoms with Gasteiger partial charge in [-0.2, -0.15) is 0 Å². The molecule has 0 saturated heterocycles. The minimum absolute atomic E-state index is 0.288. The highest BCUT2D eigenvalue weighted by Crippen LogP contribution is 2.32. The van der Waals surface area contributed by atoms with Crippen LogP contribution in [0.5, 0.6) is 5.75 Å². The Morgan fingerprint density at radius 3 is 2.88 bits per heavy atom. The van der Waals surface area contributed by atoms with Crippen LogP contribution < -0.4 is 5.32 Å². The Bertz CT molecular complexity index is 547. The lowest BCUT2D eigenvalue weighted by molar-refractivity contribution is 0.309. The molecule has 2 aromatic rings. The lowest BCUT2D eigenvalue weighted by atomic mass is 9.82. The van der Waals surface area contributed by atoms with Gasteiger partial charge in [0, 0.05) is 17.6 Å². The molecule has 0 aliphatic heterocycles. The summed E-state index contributed by atoms with van der Waals surface area (Å²) in [6.45, 7) is 2.26. The number of nitrogens with one attached hydrogen (secondary N) is 1. The molecule has 1 aromatic carbocycles. The van der Waals surface area contributed by atoms with E-state index >= 15 is 0 Å². The number of rotatable bonds is 2. The van der Waals surface area contributed by atoms with Gasteiger partial charge in [0.2, 0.25) is 0 Å². The molecule has 3 rings (SSSR count). The van der Waals surface area contributed by atoms with Crippen molar-refractivity contribution in [2.24, 2.45) is 5.92 Å². The number of aromatic hydroxyl groups is 1. The van der Waals surface area contributed by atoms with E-state index in [-0.39, 0.29) is 5.75 Å². The summed E-state index contributed by atoms with van der Waals surface area (Å²) < 4.78 is 0. The summed E-state index contributed by atoms with van der Waals surface area (Å²) in [6.07, 6.45) is 4.22. The third-order valence-electron chi connectivity index (χ3n) is 3.46. The van der Waals surface area contributed by atoms with Crippen molar-refractivity contribution in [3.05, 3.63) is 30.5 Å². The smallest absolute Gasteiger partial charge is 0.134 e. The molecule has 0 spiro atoms. The normalized spacial score (nSPS) is 23.4. The standard InChI is InChI=1S/C14H16N2O/c1-9-6-11(7-9)16-14-13-8-12(17)3-2-10(13)4-5-15-14/h2-5,8-9,11,17H,6-7H2,1H3,(H,15,16). The van der Waals surface area contributed by atoms with Crippen LogP contribution in [-0.4, -0.2) is 16.1 Å². The Balaban J connectivity index is 1.95. The molecule has 0 unspecified atom stereocenters. The van der Waals surface area contributed by atoms with E-state index in [2.05, 4.69) is 17.2 Å². The lowest BCUT2D eigenvalue weighted by Crippen LogP contribution is -2.34. The molecule has 1 aromatic heterocycles. The number of hydrogen-bond donors (Lipinski definition) is 2. The first-order valence-corrected chi connectivity index (χ1v) is 6.06. The van der Waals surface area contributed by atoms with E-state index in [0.717, 1.165) is 22.5 Å². The summed E-state index contributed by atoms with van der Waals surface area (Å²) >= 11 is 0. The predicted octanol–water partition coefficient (Wildman–Crippen LogP) is 3.15. The average Bonchev–Trinajstić information content (AvgIpc) is 2.28. The van der Waals surface area contributed by atoms with Crippen molar-refractivity contribution in [2.45, 2.75) is 25.8 Å². The number of benzene rings is 1. The van der Waals surface area contributed by atoms with Crippen LogP contribution in [0.15, 0.2) is 30.5 Å². The van der Waals surface area contributed by atoms with Crippen LogP contribution in [0.3, 0.4) is 0 Å². The third kappa shape index (κ3) is 1.93. The van der Waals surface area contributed by atoms with E-state index in [0.29, 0.717) is 6.04 Å². The van der Waals surface area contributed by atoms with Gasteiger partial charge in [-0.3, -0.25) is 0 Å². The number of nitrogens with zero attached hydrogens (tertiary/aromatic N) is 1. The summed E-state index contributed by atoms with van der Waals surface area (Å²) in [6, 6.07) is 7.89. The van der Waals surface area contributed by atoms with E-state index in [9.17, 15) is 5.11 Å². The van der Waals surface area contributed by atoms with E-state index in [1.54, 1.807) is 12.1 Å². The number of phenols is 1. The SMILES string of the molecule is CC1CC(Nc2nccc3ccc(O)cc23)C1. The molecule has 1 aliphatic carbocycles. The van der Waals surface area contributed by atoms with Crippen LogP contribution in [0.1, 0.15) is 19.8 Å². The van der Waals surface area contributed by atoms with Crippen molar-refractivity contribution in [3.63, 3.8) is 0 Å². The first-order valence-electron chi connectivity index (χ1n) is 6.06. The molecule has 17 heavy (non-hydrogen) atoms. The number of anilines is 1. The average molecular weight is 228 g/mol. The molecule has 1 aliphatic rings. The molecule has 3 heteroatoms. The van der Waals surface area contributed by atoms with Gasteiger partial charge in [-0.15, -0.1) is 0 Å². The van der Waals surface area contributed by atoms with Crippen molar-refractivity contribution in [1.82, 2.24) is 4.98 Å². The molecule has 0 amide bonds. The minimum Gasteiger partial charge on any atom is -0.508 e. The highest BCUT2D eigenvalue weighted by Gasteiger charge is 2.25. The predicted molar refractivity (Wildman–Crippen MR) is 69.2 cm³/mol. The van der Waals surface area contributed by atoms with Gasteiger partial charge < -0.3 is 10.4 Å². The zero-order chi connectivity index (χ0) is 11.8. The maximum atomic E-state index is 9.55. The van der Waals surface area contributed by atoms with Gasteiger partial charge in [0.25, 0.3) is 0 Å². The first-order chi connectivity index (χ1) is 8.22. The van der Waals surface area contributed by atoms with E-state index < -0.39 is 0 Å². The van der Waals surface area contributed by atoms with E-state index in [1.165, 1.54) is 12.8 Å². The highest BCUT2D eigenvalue weighted by atomic mass is 16.3. The summed E-state index contributed by atoms with van der Waals surface area (Å²) in [5.41, 5.74) is 0. The number of pyridine rings is 1. The fraction of sp³-hybridized carbons (Fsp3) is 0.357. The Labute approximate surface area is 100 Å². The van der Waals surface area contributed by atoms with Gasteiger partial charge in [-0.1, -0.05) is 13.0 Å². The Kier molecular flexibility index (Phi) is 2.39. The number of aromatic nitrogens is 1. The summed E-state index contributed by atoms with van der Waals surface area (Å²) in [7, 11) is 0. The van der Waals surface area contributed by atoms with Crippen molar-refractivity contribution < 1.29 is 5.11 Å². The van der Waals surface area contributed by atoms with E-state index in [1.807, 2.05) is 18.3 Å². The molecule has 1 heterocycles. The molecule has 88 valence electrons. The van der Waals surface area contributed by atoms with Gasteiger partial charge in [0.1, 0.15) is 11.6 Å². The lowest BCUT2D eigenvalue weighted by Gasteiger charge is -2.33. The summed E-state index contributed by atoms with van der Waals surface area (Å²) in [4.78, 5) is 4.37. The molecule has 3 nitrogen and oxygen atoms in total. The molecule has 0 bridgehead atoms. The zero-order valence-electron chi connectivity index (χ0n) is 9.85. The van der Waals surface area contributed by atoms with Crippen LogP contribution in [0.2, 0.25) is 0 Å². The Hall–Kier alpha value is -1.77.